The fourth-order valence-corrected chi connectivity index (χ4v) is 1.85. The summed E-state index contributed by atoms with van der Waals surface area (Å²) in [7, 11) is 0. The van der Waals surface area contributed by atoms with Gasteiger partial charge in [-0.2, -0.15) is 10.2 Å². The molecule has 0 spiro atoms. The SMILES string of the molecule is N#Cc1c[nH]c(C(=O)NCCc2nc(C3CC3)no2)c1. The smallest absolute Gasteiger partial charge is 0.267 e. The van der Waals surface area contributed by atoms with E-state index in [0.29, 0.717) is 36.0 Å². The lowest BCUT2D eigenvalue weighted by atomic mass is 10.3. The second-order valence-electron chi connectivity index (χ2n) is 4.74. The third-order valence-corrected chi connectivity index (χ3v) is 3.11. The first kappa shape index (κ1) is 12.4. The topological polar surface area (TPSA) is 108 Å². The number of aromatic nitrogens is 3. The van der Waals surface area contributed by atoms with Crippen LogP contribution in [0.3, 0.4) is 0 Å². The minimum absolute atomic E-state index is 0.256. The van der Waals surface area contributed by atoms with Crippen LogP contribution in [-0.4, -0.2) is 27.6 Å². The number of nitriles is 1. The van der Waals surface area contributed by atoms with Crippen molar-refractivity contribution in [3.05, 3.63) is 35.2 Å². The van der Waals surface area contributed by atoms with Gasteiger partial charge in [-0.05, 0) is 18.9 Å². The molecule has 3 rings (SSSR count). The van der Waals surface area contributed by atoms with Gasteiger partial charge >= 0.3 is 0 Å². The van der Waals surface area contributed by atoms with Gasteiger partial charge in [0.25, 0.3) is 5.91 Å². The molecule has 102 valence electrons. The van der Waals surface area contributed by atoms with Crippen LogP contribution >= 0.6 is 0 Å². The first-order chi connectivity index (χ1) is 9.76. The monoisotopic (exact) mass is 271 g/mol. The molecule has 7 nitrogen and oxygen atoms in total. The molecule has 2 heterocycles. The number of aromatic amines is 1. The number of hydrogen-bond donors (Lipinski definition) is 2. The number of hydrogen-bond acceptors (Lipinski definition) is 5. The van der Waals surface area contributed by atoms with Crippen LogP contribution in [0, 0.1) is 11.3 Å². The summed E-state index contributed by atoms with van der Waals surface area (Å²) in [6.07, 6.45) is 4.25. The van der Waals surface area contributed by atoms with Crippen LogP contribution in [0.4, 0.5) is 0 Å². The van der Waals surface area contributed by atoms with Crippen molar-refractivity contribution >= 4 is 5.91 Å². The van der Waals surface area contributed by atoms with E-state index in [1.807, 2.05) is 6.07 Å². The van der Waals surface area contributed by atoms with E-state index in [1.54, 1.807) is 0 Å². The third-order valence-electron chi connectivity index (χ3n) is 3.11. The molecule has 1 aliphatic carbocycles. The van der Waals surface area contributed by atoms with Crippen molar-refractivity contribution in [1.82, 2.24) is 20.4 Å². The van der Waals surface area contributed by atoms with Crippen LogP contribution in [0.25, 0.3) is 0 Å². The van der Waals surface area contributed by atoms with Crippen molar-refractivity contribution in [3.8, 4) is 6.07 Å². The van der Waals surface area contributed by atoms with Crippen LogP contribution in [-0.2, 0) is 6.42 Å². The first-order valence-corrected chi connectivity index (χ1v) is 6.45. The van der Waals surface area contributed by atoms with Crippen LogP contribution < -0.4 is 5.32 Å². The van der Waals surface area contributed by atoms with Crippen molar-refractivity contribution in [2.45, 2.75) is 25.2 Å². The van der Waals surface area contributed by atoms with Gasteiger partial charge < -0.3 is 14.8 Å². The van der Waals surface area contributed by atoms with E-state index in [4.69, 9.17) is 9.78 Å². The van der Waals surface area contributed by atoms with Crippen molar-refractivity contribution in [2.24, 2.45) is 0 Å². The third kappa shape index (κ3) is 2.69. The Balaban J connectivity index is 1.49. The van der Waals surface area contributed by atoms with E-state index in [1.165, 1.54) is 12.3 Å². The van der Waals surface area contributed by atoms with Crippen molar-refractivity contribution in [3.63, 3.8) is 0 Å². The summed E-state index contributed by atoms with van der Waals surface area (Å²) in [6.45, 7) is 0.409. The number of rotatable bonds is 5. The fraction of sp³-hybridized carbons (Fsp3) is 0.385. The number of H-pyrrole nitrogens is 1. The molecule has 1 fully saturated rings. The van der Waals surface area contributed by atoms with Crippen LogP contribution in [0.2, 0.25) is 0 Å². The average molecular weight is 271 g/mol. The van der Waals surface area contributed by atoms with Crippen molar-refractivity contribution in [1.29, 1.82) is 5.26 Å². The Morgan fingerprint density at radius 3 is 3.15 bits per heavy atom. The summed E-state index contributed by atoms with van der Waals surface area (Å²) in [6, 6.07) is 3.47. The summed E-state index contributed by atoms with van der Waals surface area (Å²) in [5.41, 5.74) is 0.798. The summed E-state index contributed by atoms with van der Waals surface area (Å²) < 4.78 is 5.11. The lowest BCUT2D eigenvalue weighted by Gasteiger charge is -2.00. The molecule has 20 heavy (non-hydrogen) atoms. The second kappa shape index (κ2) is 5.17. The summed E-state index contributed by atoms with van der Waals surface area (Å²) >= 11 is 0. The van der Waals surface area contributed by atoms with Crippen LogP contribution in [0.5, 0.6) is 0 Å². The minimum atomic E-state index is -0.256. The van der Waals surface area contributed by atoms with E-state index in [9.17, 15) is 4.79 Å². The van der Waals surface area contributed by atoms with Gasteiger partial charge in [-0.1, -0.05) is 5.16 Å². The molecule has 0 bridgehead atoms. The molecule has 0 aromatic carbocycles. The Kier molecular flexibility index (Phi) is 3.21. The lowest BCUT2D eigenvalue weighted by molar-refractivity contribution is 0.0949. The number of carbonyl (C=O) groups excluding carboxylic acids is 1. The van der Waals surface area contributed by atoms with Gasteiger partial charge in [0.15, 0.2) is 5.82 Å². The second-order valence-corrected chi connectivity index (χ2v) is 4.74. The zero-order valence-electron chi connectivity index (χ0n) is 10.7. The molecule has 1 aliphatic rings. The largest absolute Gasteiger partial charge is 0.356 e. The average Bonchev–Trinajstić information content (AvgIpc) is 3.02. The Morgan fingerprint density at radius 1 is 1.60 bits per heavy atom. The highest BCUT2D eigenvalue weighted by atomic mass is 16.5. The molecule has 7 heteroatoms. The maximum absolute atomic E-state index is 11.8. The molecule has 0 saturated heterocycles. The Labute approximate surface area is 115 Å². The zero-order valence-corrected chi connectivity index (χ0v) is 10.7. The standard InChI is InChI=1S/C13H13N5O2/c14-6-8-5-10(16-7-8)13(19)15-4-3-11-17-12(18-20-11)9-1-2-9/h5,7,9,16H,1-4H2,(H,15,19). The maximum atomic E-state index is 11.8. The summed E-state index contributed by atoms with van der Waals surface area (Å²) in [5.74, 6) is 1.52. The maximum Gasteiger partial charge on any atom is 0.267 e. The van der Waals surface area contributed by atoms with Gasteiger partial charge in [0.2, 0.25) is 5.89 Å². The molecule has 0 atom stereocenters. The van der Waals surface area contributed by atoms with Gasteiger partial charge in [-0.3, -0.25) is 4.79 Å². The highest BCUT2D eigenvalue weighted by molar-refractivity contribution is 5.92. The van der Waals surface area contributed by atoms with Gasteiger partial charge in [0.05, 0.1) is 5.56 Å². The first-order valence-electron chi connectivity index (χ1n) is 6.45. The summed E-state index contributed by atoms with van der Waals surface area (Å²) in [5, 5.41) is 15.3. The molecule has 0 unspecified atom stereocenters. The lowest BCUT2D eigenvalue weighted by Crippen LogP contribution is -2.26. The molecule has 2 aromatic rings. The zero-order chi connectivity index (χ0) is 13.9. The molecule has 2 aromatic heterocycles. The Bertz CT molecular complexity index is 662. The number of carbonyl (C=O) groups is 1. The van der Waals surface area contributed by atoms with Gasteiger partial charge in [0, 0.05) is 25.1 Å². The molecular formula is C13H13N5O2. The number of nitrogens with zero attached hydrogens (tertiary/aromatic N) is 3. The van der Waals surface area contributed by atoms with Crippen LogP contribution in [0.1, 0.15) is 46.5 Å². The molecule has 0 radical (unpaired) electrons. The van der Waals surface area contributed by atoms with Crippen molar-refractivity contribution in [2.75, 3.05) is 6.54 Å². The fourth-order valence-electron chi connectivity index (χ4n) is 1.85. The van der Waals surface area contributed by atoms with E-state index >= 15 is 0 Å². The van der Waals surface area contributed by atoms with Crippen molar-refractivity contribution < 1.29 is 9.32 Å². The van der Waals surface area contributed by atoms with E-state index in [0.717, 1.165) is 18.7 Å². The summed E-state index contributed by atoms with van der Waals surface area (Å²) in [4.78, 5) is 18.8. The highest BCUT2D eigenvalue weighted by Crippen LogP contribution is 2.38. The highest BCUT2D eigenvalue weighted by Gasteiger charge is 2.28. The Morgan fingerprint density at radius 2 is 2.45 bits per heavy atom. The molecule has 2 N–H and O–H groups in total. The molecule has 1 saturated carbocycles. The number of amides is 1. The van der Waals surface area contributed by atoms with Gasteiger partial charge in [-0.15, -0.1) is 0 Å². The normalized spacial score (nSPS) is 13.9. The quantitative estimate of drug-likeness (QED) is 0.847. The molecule has 0 aliphatic heterocycles. The van der Waals surface area contributed by atoms with E-state index < -0.39 is 0 Å². The van der Waals surface area contributed by atoms with E-state index in [2.05, 4.69) is 20.4 Å². The predicted octanol–water partition coefficient (Wildman–Crippen LogP) is 1.12. The van der Waals surface area contributed by atoms with Gasteiger partial charge in [0.1, 0.15) is 11.8 Å². The van der Waals surface area contributed by atoms with Gasteiger partial charge in [-0.25, -0.2) is 0 Å². The van der Waals surface area contributed by atoms with Crippen LogP contribution in [0.15, 0.2) is 16.8 Å². The Hall–Kier alpha value is -2.62. The van der Waals surface area contributed by atoms with E-state index in [-0.39, 0.29) is 5.91 Å². The molecule has 1 amide bonds. The predicted molar refractivity (Wildman–Crippen MR) is 67.8 cm³/mol. The number of nitrogens with one attached hydrogen (secondary N) is 2. The minimum Gasteiger partial charge on any atom is -0.356 e. The molecular weight excluding hydrogens is 258 g/mol.